The molecule has 1 aromatic rings. The highest BCUT2D eigenvalue weighted by atomic mass is 32.2. The van der Waals surface area contributed by atoms with Crippen molar-refractivity contribution in [1.82, 2.24) is 15.1 Å². The van der Waals surface area contributed by atoms with Crippen molar-refractivity contribution in [3.8, 4) is 0 Å². The zero-order chi connectivity index (χ0) is 29.1. The molecule has 2 amide bonds. The van der Waals surface area contributed by atoms with Crippen LogP contribution in [0, 0.1) is 5.92 Å². The molecule has 1 aliphatic heterocycles. The lowest BCUT2D eigenvalue weighted by Gasteiger charge is -2.45. The second-order valence-corrected chi connectivity index (χ2v) is 15.8. The average Bonchev–Trinajstić information content (AvgIpc) is 3.21. The summed E-state index contributed by atoms with van der Waals surface area (Å²) in [4.78, 5) is 31.1. The van der Waals surface area contributed by atoms with Crippen LogP contribution >= 0.6 is 0 Å². The Morgan fingerprint density at radius 3 is 2.41 bits per heavy atom. The lowest BCUT2D eigenvalue weighted by Crippen LogP contribution is -2.54. The van der Waals surface area contributed by atoms with Crippen molar-refractivity contribution >= 4 is 21.7 Å². The topological polar surface area (TPSA) is 86.8 Å². The van der Waals surface area contributed by atoms with E-state index in [0.29, 0.717) is 30.6 Å². The third-order valence-corrected chi connectivity index (χ3v) is 11.0. The molecular weight excluding hydrogens is 510 g/mol. The van der Waals surface area contributed by atoms with E-state index < -0.39 is 21.1 Å². The summed E-state index contributed by atoms with van der Waals surface area (Å²) in [7, 11) is -3.27. The van der Waals surface area contributed by atoms with Crippen molar-refractivity contribution in [3.63, 3.8) is 0 Å². The molecule has 1 aromatic carbocycles. The van der Waals surface area contributed by atoms with Crippen LogP contribution in [0.4, 0.5) is 0 Å². The maximum Gasteiger partial charge on any atom is 0.251 e. The molecule has 0 radical (unpaired) electrons. The maximum absolute atomic E-state index is 13.6. The molecule has 3 rings (SSSR count). The largest absolute Gasteiger partial charge is 0.340 e. The van der Waals surface area contributed by atoms with E-state index in [1.54, 1.807) is 19.9 Å². The number of carbonyl (C=O) groups excluding carboxylic acids is 2. The van der Waals surface area contributed by atoms with Gasteiger partial charge in [0.1, 0.15) is 6.04 Å². The number of nitrogens with one attached hydrogen (secondary N) is 1. The Morgan fingerprint density at radius 1 is 1.13 bits per heavy atom. The molecule has 0 spiro atoms. The molecule has 1 saturated carbocycles. The Labute approximate surface area is 237 Å². The van der Waals surface area contributed by atoms with Gasteiger partial charge in [0.25, 0.3) is 5.91 Å². The minimum Gasteiger partial charge on any atom is -0.340 e. The predicted molar refractivity (Wildman–Crippen MR) is 159 cm³/mol. The molecule has 4 atom stereocenters. The molecule has 1 aliphatic carbocycles. The molecule has 2 fully saturated rings. The number of benzene rings is 1. The smallest absolute Gasteiger partial charge is 0.251 e. The van der Waals surface area contributed by atoms with Crippen LogP contribution in [0.2, 0.25) is 0 Å². The van der Waals surface area contributed by atoms with E-state index in [2.05, 4.69) is 51.8 Å². The number of carbonyl (C=O) groups is 2. The van der Waals surface area contributed by atoms with Crippen LogP contribution in [-0.4, -0.2) is 78.3 Å². The van der Waals surface area contributed by atoms with Crippen molar-refractivity contribution < 1.29 is 18.0 Å². The lowest BCUT2D eigenvalue weighted by atomic mass is 9.80. The van der Waals surface area contributed by atoms with Gasteiger partial charge in [-0.1, -0.05) is 39.8 Å². The first-order chi connectivity index (χ1) is 18.2. The third-order valence-electron chi connectivity index (χ3n) is 8.63. The monoisotopic (exact) mass is 561 g/mol. The summed E-state index contributed by atoms with van der Waals surface area (Å²) in [5.74, 6) is -0.336. The highest BCUT2D eigenvalue weighted by Gasteiger charge is 2.44. The highest BCUT2D eigenvalue weighted by molar-refractivity contribution is 7.91. The van der Waals surface area contributed by atoms with Gasteiger partial charge in [-0.3, -0.25) is 14.5 Å². The minimum atomic E-state index is -3.27. The quantitative estimate of drug-likeness (QED) is 0.444. The van der Waals surface area contributed by atoms with Gasteiger partial charge >= 0.3 is 0 Å². The fourth-order valence-electron chi connectivity index (χ4n) is 6.26. The average molecular weight is 562 g/mol. The molecule has 2 aliphatic rings. The number of hydrogen-bond donors (Lipinski definition) is 1. The van der Waals surface area contributed by atoms with E-state index in [4.69, 9.17) is 0 Å². The zero-order valence-corrected chi connectivity index (χ0v) is 26.2. The van der Waals surface area contributed by atoms with Crippen LogP contribution in [0.1, 0.15) is 103 Å². The molecule has 39 heavy (non-hydrogen) atoms. The Morgan fingerprint density at radius 2 is 1.82 bits per heavy atom. The van der Waals surface area contributed by atoms with Crippen LogP contribution in [0.25, 0.3) is 0 Å². The van der Waals surface area contributed by atoms with E-state index in [9.17, 15) is 18.0 Å². The normalized spacial score (nSPS) is 24.7. The van der Waals surface area contributed by atoms with E-state index in [0.717, 1.165) is 37.8 Å². The number of amides is 2. The maximum atomic E-state index is 13.6. The second-order valence-electron chi connectivity index (χ2n) is 13.2. The van der Waals surface area contributed by atoms with Crippen molar-refractivity contribution in [3.05, 3.63) is 35.4 Å². The second kappa shape index (κ2) is 12.7. The van der Waals surface area contributed by atoms with E-state index in [-0.39, 0.29) is 34.9 Å². The SMILES string of the molecule is CCCN(C(C)C)[C@@H]1CC[C@H](N2CC[C@H](NC(=O)c3cccc(C(C)(C)C)c3)C2=O)[C@H](CS(=O)(=O)C(C)C)C1. The van der Waals surface area contributed by atoms with Gasteiger partial charge in [0, 0.05) is 30.2 Å². The summed E-state index contributed by atoms with van der Waals surface area (Å²) in [5, 5.41) is 2.53. The summed E-state index contributed by atoms with van der Waals surface area (Å²) in [6.45, 7) is 17.9. The number of rotatable bonds is 10. The molecular formula is C31H51N3O4S. The van der Waals surface area contributed by atoms with Crippen molar-refractivity contribution in [1.29, 1.82) is 0 Å². The summed E-state index contributed by atoms with van der Waals surface area (Å²) < 4.78 is 26.1. The first-order valence-corrected chi connectivity index (χ1v) is 16.6. The fraction of sp³-hybridized carbons (Fsp3) is 0.742. The molecule has 8 heteroatoms. The first kappa shape index (κ1) is 31.6. The van der Waals surface area contributed by atoms with Gasteiger partial charge in [-0.15, -0.1) is 0 Å². The van der Waals surface area contributed by atoms with Crippen LogP contribution < -0.4 is 5.32 Å². The van der Waals surface area contributed by atoms with Gasteiger partial charge in [0.2, 0.25) is 5.91 Å². The number of hydrogen-bond acceptors (Lipinski definition) is 5. The molecule has 0 aromatic heterocycles. The molecule has 1 saturated heterocycles. The van der Waals surface area contributed by atoms with Gasteiger partial charge in [0.05, 0.1) is 11.0 Å². The van der Waals surface area contributed by atoms with Crippen LogP contribution in [0.5, 0.6) is 0 Å². The molecule has 1 N–H and O–H groups in total. The van der Waals surface area contributed by atoms with Gasteiger partial charge in [-0.2, -0.15) is 0 Å². The lowest BCUT2D eigenvalue weighted by molar-refractivity contribution is -0.133. The van der Waals surface area contributed by atoms with Gasteiger partial charge in [-0.05, 0) is 95.4 Å². The van der Waals surface area contributed by atoms with Gasteiger partial charge in [0.15, 0.2) is 9.84 Å². The summed E-state index contributed by atoms with van der Waals surface area (Å²) in [6, 6.07) is 7.59. The standard InChI is InChI=1S/C31H51N3O4S/c1-9-16-33(21(2)3)26-13-14-28(24(19-26)20-39(37,38)22(4)5)34-17-15-27(30(34)36)32-29(35)23-11-10-12-25(18-23)31(6,7)8/h10-12,18,21-22,24,26-28H,9,13-17,19-20H2,1-8H3,(H,32,35)/t24-,26+,27-,28-/m0/s1. The number of likely N-dealkylation sites (tertiary alicyclic amines) is 1. The molecule has 7 nitrogen and oxygen atoms in total. The van der Waals surface area contributed by atoms with Crippen molar-refractivity contribution in [2.45, 2.75) is 122 Å². The number of nitrogens with zero attached hydrogens (tertiary/aromatic N) is 2. The minimum absolute atomic E-state index is 0.0806. The third kappa shape index (κ3) is 7.63. The van der Waals surface area contributed by atoms with E-state index in [1.807, 2.05) is 23.1 Å². The Hall–Kier alpha value is -1.93. The molecule has 0 bridgehead atoms. The zero-order valence-electron chi connectivity index (χ0n) is 25.4. The van der Waals surface area contributed by atoms with Crippen molar-refractivity contribution in [2.24, 2.45) is 5.92 Å². The first-order valence-electron chi connectivity index (χ1n) is 14.8. The molecule has 0 unspecified atom stereocenters. The summed E-state index contributed by atoms with van der Waals surface area (Å²) in [6.07, 6.45) is 4.10. The summed E-state index contributed by atoms with van der Waals surface area (Å²) in [5.41, 5.74) is 1.54. The highest BCUT2D eigenvalue weighted by Crippen LogP contribution is 2.36. The predicted octanol–water partition coefficient (Wildman–Crippen LogP) is 4.80. The van der Waals surface area contributed by atoms with Crippen molar-refractivity contribution in [2.75, 3.05) is 18.8 Å². The fourth-order valence-corrected chi connectivity index (χ4v) is 7.60. The Bertz CT molecular complexity index is 1110. The van der Waals surface area contributed by atoms with Gasteiger partial charge < -0.3 is 10.2 Å². The van der Waals surface area contributed by atoms with E-state index >= 15 is 0 Å². The Balaban J connectivity index is 1.77. The van der Waals surface area contributed by atoms with Crippen LogP contribution in [0.3, 0.4) is 0 Å². The number of sulfone groups is 1. The van der Waals surface area contributed by atoms with Crippen LogP contribution in [-0.2, 0) is 20.0 Å². The van der Waals surface area contributed by atoms with Gasteiger partial charge in [-0.25, -0.2) is 8.42 Å². The Kier molecular flexibility index (Phi) is 10.3. The van der Waals surface area contributed by atoms with Crippen LogP contribution in [0.15, 0.2) is 24.3 Å². The molecule has 1 heterocycles. The molecule has 220 valence electrons. The summed E-state index contributed by atoms with van der Waals surface area (Å²) >= 11 is 0. The van der Waals surface area contributed by atoms with E-state index in [1.165, 1.54) is 0 Å².